The monoisotopic (exact) mass is 315 g/mol. The summed E-state index contributed by atoms with van der Waals surface area (Å²) in [6, 6.07) is 11.0. The highest BCUT2D eigenvalue weighted by Gasteiger charge is 2.12. The van der Waals surface area contributed by atoms with Crippen LogP contribution in [0, 0.1) is 0 Å². The summed E-state index contributed by atoms with van der Waals surface area (Å²) in [5.41, 5.74) is 2.42. The van der Waals surface area contributed by atoms with Crippen molar-refractivity contribution in [3.05, 3.63) is 53.4 Å². The van der Waals surface area contributed by atoms with Gasteiger partial charge in [0.1, 0.15) is 10.7 Å². The van der Waals surface area contributed by atoms with E-state index in [4.69, 9.17) is 11.6 Å². The maximum absolute atomic E-state index is 12.0. The number of urea groups is 1. The van der Waals surface area contributed by atoms with Gasteiger partial charge in [-0.2, -0.15) is 0 Å². The summed E-state index contributed by atoms with van der Waals surface area (Å²) in [5, 5.41) is 5.76. The molecule has 1 aromatic carbocycles. The lowest BCUT2D eigenvalue weighted by atomic mass is 10.2. The topological polar surface area (TPSA) is 71.8 Å². The van der Waals surface area contributed by atoms with Crippen molar-refractivity contribution < 1.29 is 4.79 Å². The van der Waals surface area contributed by atoms with Crippen molar-refractivity contribution in [1.29, 1.82) is 0 Å². The van der Waals surface area contributed by atoms with E-state index in [1.165, 1.54) is 0 Å². The molecule has 6 nitrogen and oxygen atoms in total. The second-order valence-corrected chi connectivity index (χ2v) is 5.20. The zero-order valence-corrected chi connectivity index (χ0v) is 12.6. The molecule has 0 aliphatic rings. The molecule has 0 fully saturated rings. The Balaban J connectivity index is 1.74. The number of aryl methyl sites for hydroxylation is 1. The van der Waals surface area contributed by atoms with Gasteiger partial charge in [0.05, 0.1) is 11.8 Å². The maximum Gasteiger partial charge on any atom is 0.320 e. The largest absolute Gasteiger partial charge is 0.334 e. The highest BCUT2D eigenvalue weighted by molar-refractivity contribution is 6.30. The van der Waals surface area contributed by atoms with Gasteiger partial charge in [0.2, 0.25) is 0 Å². The predicted octanol–water partition coefficient (Wildman–Crippen LogP) is 2.94. The van der Waals surface area contributed by atoms with Gasteiger partial charge in [0, 0.05) is 19.7 Å². The third-order valence-electron chi connectivity index (χ3n) is 3.21. The molecule has 0 bridgehead atoms. The molecule has 0 saturated heterocycles. The fourth-order valence-corrected chi connectivity index (χ4v) is 2.30. The van der Waals surface area contributed by atoms with Crippen molar-refractivity contribution in [3.63, 3.8) is 0 Å². The Morgan fingerprint density at radius 3 is 2.86 bits per heavy atom. The lowest BCUT2D eigenvalue weighted by Crippen LogP contribution is -2.28. The second kappa shape index (κ2) is 6.03. The van der Waals surface area contributed by atoms with Crippen LogP contribution in [0.3, 0.4) is 0 Å². The number of imidazole rings is 1. The van der Waals surface area contributed by atoms with Crippen molar-refractivity contribution >= 4 is 34.5 Å². The number of carbonyl (C=O) groups excluding carboxylic acids is 1. The molecule has 2 N–H and O–H groups in total. The first-order valence-electron chi connectivity index (χ1n) is 6.70. The van der Waals surface area contributed by atoms with E-state index in [2.05, 4.69) is 20.6 Å². The van der Waals surface area contributed by atoms with Crippen LogP contribution >= 0.6 is 11.6 Å². The third-order valence-corrected chi connectivity index (χ3v) is 3.40. The Labute approximate surface area is 132 Å². The number of benzene rings is 1. The molecule has 0 aliphatic carbocycles. The molecule has 0 spiro atoms. The quantitative estimate of drug-likeness (QED) is 0.730. The maximum atomic E-state index is 12.0. The summed E-state index contributed by atoms with van der Waals surface area (Å²) in [6.45, 7) is 0.429. The number of carbonyl (C=O) groups is 1. The summed E-state index contributed by atoms with van der Waals surface area (Å²) >= 11 is 5.99. The summed E-state index contributed by atoms with van der Waals surface area (Å²) in [7, 11) is 1.85. The number of rotatable bonds is 3. The third kappa shape index (κ3) is 3.01. The van der Waals surface area contributed by atoms with Gasteiger partial charge < -0.3 is 9.88 Å². The first kappa shape index (κ1) is 14.3. The molecule has 0 atom stereocenters. The smallest absolute Gasteiger partial charge is 0.320 e. The molecule has 22 heavy (non-hydrogen) atoms. The normalized spacial score (nSPS) is 10.6. The average molecular weight is 316 g/mol. The number of amides is 2. The standard InChI is InChI=1S/C15H14ClN5O/c1-21-9-18-13-11(21)7-12(16)19-14(13)20-15(22)17-8-10-5-3-2-4-6-10/h2-7,9H,8H2,1H3,(H2,17,19,20,22). The van der Waals surface area contributed by atoms with Gasteiger partial charge in [-0.25, -0.2) is 14.8 Å². The van der Waals surface area contributed by atoms with Gasteiger partial charge in [0.15, 0.2) is 5.82 Å². The lowest BCUT2D eigenvalue weighted by molar-refractivity contribution is 0.251. The molecule has 2 aromatic heterocycles. The number of pyridine rings is 1. The molecule has 3 aromatic rings. The molecule has 2 amide bonds. The van der Waals surface area contributed by atoms with Gasteiger partial charge >= 0.3 is 6.03 Å². The Hall–Kier alpha value is -2.60. The van der Waals surface area contributed by atoms with Gasteiger partial charge in [-0.05, 0) is 5.56 Å². The van der Waals surface area contributed by atoms with Gasteiger partial charge in [-0.15, -0.1) is 0 Å². The molecule has 3 rings (SSSR count). The van der Waals surface area contributed by atoms with E-state index >= 15 is 0 Å². The number of hydrogen-bond acceptors (Lipinski definition) is 3. The fraction of sp³-hybridized carbons (Fsp3) is 0.133. The Kier molecular flexibility index (Phi) is 3.93. The average Bonchev–Trinajstić information content (AvgIpc) is 2.88. The lowest BCUT2D eigenvalue weighted by Gasteiger charge is -2.08. The number of fused-ring (bicyclic) bond motifs is 1. The molecule has 0 radical (unpaired) electrons. The van der Waals surface area contributed by atoms with Crippen LogP contribution < -0.4 is 10.6 Å². The summed E-state index contributed by atoms with van der Waals surface area (Å²) in [5.74, 6) is 0.341. The van der Waals surface area contributed by atoms with Crippen molar-refractivity contribution in [1.82, 2.24) is 19.9 Å². The van der Waals surface area contributed by atoms with E-state index < -0.39 is 0 Å². The van der Waals surface area contributed by atoms with Crippen LogP contribution in [-0.2, 0) is 13.6 Å². The van der Waals surface area contributed by atoms with E-state index in [1.54, 1.807) is 12.4 Å². The molecule has 0 saturated carbocycles. The Morgan fingerprint density at radius 2 is 2.09 bits per heavy atom. The van der Waals surface area contributed by atoms with Crippen molar-refractivity contribution in [2.24, 2.45) is 7.05 Å². The first-order valence-corrected chi connectivity index (χ1v) is 7.07. The Bertz CT molecular complexity index is 815. The molecule has 0 unspecified atom stereocenters. The fourth-order valence-electron chi connectivity index (χ4n) is 2.11. The second-order valence-electron chi connectivity index (χ2n) is 4.81. The van der Waals surface area contributed by atoms with E-state index in [9.17, 15) is 4.79 Å². The number of anilines is 1. The minimum Gasteiger partial charge on any atom is -0.334 e. The molecule has 2 heterocycles. The van der Waals surface area contributed by atoms with Crippen LogP contribution in [-0.4, -0.2) is 20.6 Å². The highest BCUT2D eigenvalue weighted by Crippen LogP contribution is 2.23. The summed E-state index contributed by atoms with van der Waals surface area (Å²) in [4.78, 5) is 20.4. The van der Waals surface area contributed by atoms with E-state index in [1.807, 2.05) is 41.9 Å². The van der Waals surface area contributed by atoms with Crippen LogP contribution in [0.2, 0.25) is 5.15 Å². The molecular weight excluding hydrogens is 302 g/mol. The minimum absolute atomic E-state index is 0.300. The van der Waals surface area contributed by atoms with Crippen LogP contribution in [0.15, 0.2) is 42.7 Å². The number of aromatic nitrogens is 3. The number of hydrogen-bond donors (Lipinski definition) is 2. The van der Waals surface area contributed by atoms with Crippen molar-refractivity contribution in [2.75, 3.05) is 5.32 Å². The van der Waals surface area contributed by atoms with Crippen LogP contribution in [0.4, 0.5) is 10.6 Å². The van der Waals surface area contributed by atoms with Crippen LogP contribution in [0.1, 0.15) is 5.56 Å². The zero-order valence-electron chi connectivity index (χ0n) is 11.9. The van der Waals surface area contributed by atoms with Crippen LogP contribution in [0.25, 0.3) is 11.0 Å². The molecule has 0 aliphatic heterocycles. The molecule has 7 heteroatoms. The van der Waals surface area contributed by atoms with E-state index in [0.717, 1.165) is 11.1 Å². The SMILES string of the molecule is Cn1cnc2c(NC(=O)NCc3ccccc3)nc(Cl)cc21. The molecular formula is C15H14ClN5O. The van der Waals surface area contributed by atoms with E-state index in [-0.39, 0.29) is 6.03 Å². The summed E-state index contributed by atoms with van der Waals surface area (Å²) < 4.78 is 1.82. The predicted molar refractivity (Wildman–Crippen MR) is 85.8 cm³/mol. The van der Waals surface area contributed by atoms with Crippen molar-refractivity contribution in [3.8, 4) is 0 Å². The van der Waals surface area contributed by atoms with Gasteiger partial charge in [0.25, 0.3) is 0 Å². The zero-order chi connectivity index (χ0) is 15.5. The number of halogens is 1. The van der Waals surface area contributed by atoms with Crippen molar-refractivity contribution in [2.45, 2.75) is 6.54 Å². The Morgan fingerprint density at radius 1 is 1.32 bits per heavy atom. The number of nitrogens with one attached hydrogen (secondary N) is 2. The van der Waals surface area contributed by atoms with E-state index in [0.29, 0.717) is 23.0 Å². The van der Waals surface area contributed by atoms with Gasteiger partial charge in [-0.3, -0.25) is 5.32 Å². The van der Waals surface area contributed by atoms with Gasteiger partial charge in [-0.1, -0.05) is 41.9 Å². The highest BCUT2D eigenvalue weighted by atomic mass is 35.5. The van der Waals surface area contributed by atoms with Crippen LogP contribution in [0.5, 0.6) is 0 Å². The minimum atomic E-state index is -0.356. The molecule has 112 valence electrons. The first-order chi connectivity index (χ1) is 10.6. The summed E-state index contributed by atoms with van der Waals surface area (Å²) in [6.07, 6.45) is 1.65. The number of nitrogens with zero attached hydrogens (tertiary/aromatic N) is 3.